The smallest absolute Gasteiger partial charge is 0.257 e. The van der Waals surface area contributed by atoms with E-state index in [9.17, 15) is 0 Å². The summed E-state index contributed by atoms with van der Waals surface area (Å²) in [5.41, 5.74) is 1.57. The van der Waals surface area contributed by atoms with Crippen LogP contribution >= 0.6 is 23.8 Å². The quantitative estimate of drug-likeness (QED) is 0.659. The molecule has 0 radical (unpaired) electrons. The average molecular weight is 366 g/mol. The third-order valence-corrected chi connectivity index (χ3v) is 6.48. The topological polar surface area (TPSA) is 21.3 Å². The third-order valence-electron chi connectivity index (χ3n) is 5.98. The third kappa shape index (κ3) is 4.23. The van der Waals surface area contributed by atoms with Gasteiger partial charge in [-0.1, -0.05) is 43.5 Å². The van der Waals surface area contributed by atoms with E-state index in [-0.39, 0.29) is 0 Å². The lowest BCUT2D eigenvalue weighted by atomic mass is 9.57. The van der Waals surface area contributed by atoms with Crippen LogP contribution in [-0.2, 0) is 11.3 Å². The number of thiocarbonyl (C=S) groups is 1. The van der Waals surface area contributed by atoms with Crippen LogP contribution in [0.2, 0.25) is 5.02 Å². The molecule has 2 saturated carbocycles. The minimum Gasteiger partial charge on any atom is -0.467 e. The van der Waals surface area contributed by atoms with Gasteiger partial charge in [0.15, 0.2) is 0 Å². The van der Waals surface area contributed by atoms with E-state index in [4.69, 9.17) is 28.6 Å². The number of halogens is 1. The largest absolute Gasteiger partial charge is 0.467 e. The molecule has 2 aliphatic rings. The Labute approximate surface area is 156 Å². The van der Waals surface area contributed by atoms with Crippen LogP contribution in [0, 0.1) is 11.3 Å². The van der Waals surface area contributed by atoms with Gasteiger partial charge in [-0.3, -0.25) is 0 Å². The Hall–Kier alpha value is -0.800. The molecule has 0 bridgehead atoms. The minimum atomic E-state index is 0.324. The number of ether oxygens (including phenoxy) is 1. The van der Waals surface area contributed by atoms with Gasteiger partial charge in [-0.25, -0.2) is 0 Å². The molecular weight excluding hydrogens is 338 g/mol. The number of nitrogens with one attached hydrogen (secondary N) is 1. The summed E-state index contributed by atoms with van der Waals surface area (Å²) in [5, 5.41) is 4.54. The van der Waals surface area contributed by atoms with E-state index in [0.717, 1.165) is 22.9 Å². The van der Waals surface area contributed by atoms with Crippen LogP contribution in [0.1, 0.15) is 63.9 Å². The van der Waals surface area contributed by atoms with Gasteiger partial charge in [0.25, 0.3) is 5.17 Å². The minimum absolute atomic E-state index is 0.324. The number of benzene rings is 1. The maximum Gasteiger partial charge on any atom is 0.257 e. The predicted octanol–water partition coefficient (Wildman–Crippen LogP) is 5.87. The second-order valence-corrected chi connectivity index (χ2v) is 8.31. The highest BCUT2D eigenvalue weighted by molar-refractivity contribution is 7.80. The van der Waals surface area contributed by atoms with Crippen LogP contribution in [0.25, 0.3) is 0 Å². The van der Waals surface area contributed by atoms with Gasteiger partial charge >= 0.3 is 0 Å². The average Bonchev–Trinajstić information content (AvgIpc) is 2.59. The summed E-state index contributed by atoms with van der Waals surface area (Å²) in [5.74, 6) is 0.942. The highest BCUT2D eigenvalue weighted by Gasteiger charge is 2.50. The van der Waals surface area contributed by atoms with E-state index >= 15 is 0 Å². The summed E-state index contributed by atoms with van der Waals surface area (Å²) in [6, 6.07) is 7.83. The van der Waals surface area contributed by atoms with Crippen molar-refractivity contribution in [3.63, 3.8) is 0 Å². The van der Waals surface area contributed by atoms with Gasteiger partial charge in [0.2, 0.25) is 0 Å². The number of hydrogen-bond donors (Lipinski definition) is 1. The van der Waals surface area contributed by atoms with Crippen molar-refractivity contribution in [2.45, 2.75) is 70.9 Å². The van der Waals surface area contributed by atoms with Crippen molar-refractivity contribution in [1.29, 1.82) is 0 Å². The Morgan fingerprint density at radius 1 is 1.21 bits per heavy atom. The molecule has 3 rings (SSSR count). The standard InChI is InChI=1S/C20H28ClNOS/c1-2-3-15-8-11-20(12-9-15)13-10-18(20)23-19(24)22-14-16-4-6-17(21)7-5-16/h4-7,15,18H,2-3,8-14H2,1H3,(H,22,24). The molecule has 4 heteroatoms. The molecule has 1 unspecified atom stereocenters. The van der Waals surface area contributed by atoms with Crippen LogP contribution in [-0.4, -0.2) is 11.3 Å². The molecule has 0 heterocycles. The van der Waals surface area contributed by atoms with Crippen molar-refractivity contribution in [3.8, 4) is 0 Å². The van der Waals surface area contributed by atoms with Crippen LogP contribution in [0.4, 0.5) is 0 Å². The van der Waals surface area contributed by atoms with Crippen molar-refractivity contribution < 1.29 is 4.74 Å². The molecule has 1 aromatic carbocycles. The molecule has 2 nitrogen and oxygen atoms in total. The molecule has 1 N–H and O–H groups in total. The number of hydrogen-bond acceptors (Lipinski definition) is 2. The van der Waals surface area contributed by atoms with Gasteiger partial charge in [-0.15, -0.1) is 0 Å². The van der Waals surface area contributed by atoms with Crippen LogP contribution in [0.3, 0.4) is 0 Å². The lowest BCUT2D eigenvalue weighted by Crippen LogP contribution is -2.50. The zero-order chi connectivity index (χ0) is 17.0. The molecule has 2 fully saturated rings. The van der Waals surface area contributed by atoms with Crippen molar-refractivity contribution in [3.05, 3.63) is 34.9 Å². The highest BCUT2D eigenvalue weighted by atomic mass is 35.5. The summed E-state index contributed by atoms with van der Waals surface area (Å²) in [6.07, 6.45) is 10.9. The van der Waals surface area contributed by atoms with Gasteiger partial charge in [-0.05, 0) is 74.4 Å². The zero-order valence-corrected chi connectivity index (χ0v) is 16.1. The summed E-state index contributed by atoms with van der Waals surface area (Å²) < 4.78 is 6.11. The molecule has 24 heavy (non-hydrogen) atoms. The fraction of sp³-hybridized carbons (Fsp3) is 0.650. The second kappa shape index (κ2) is 8.05. The first-order valence-electron chi connectivity index (χ1n) is 9.30. The first-order chi connectivity index (χ1) is 11.6. The lowest BCUT2D eigenvalue weighted by molar-refractivity contribution is -0.0862. The van der Waals surface area contributed by atoms with Crippen LogP contribution < -0.4 is 5.32 Å². The fourth-order valence-electron chi connectivity index (χ4n) is 4.32. The molecule has 0 aliphatic heterocycles. The Balaban J connectivity index is 1.44. The van der Waals surface area contributed by atoms with Gasteiger partial charge in [0.1, 0.15) is 6.10 Å². The van der Waals surface area contributed by atoms with Gasteiger partial charge in [0, 0.05) is 17.0 Å². The summed E-state index contributed by atoms with van der Waals surface area (Å²) in [7, 11) is 0. The maximum atomic E-state index is 6.11. The number of rotatable bonds is 5. The molecule has 132 valence electrons. The molecular formula is C20H28ClNOS. The summed E-state index contributed by atoms with van der Waals surface area (Å²) in [6.45, 7) is 2.98. The second-order valence-electron chi connectivity index (χ2n) is 7.51. The zero-order valence-electron chi connectivity index (χ0n) is 14.5. The maximum absolute atomic E-state index is 6.11. The molecule has 1 aromatic rings. The molecule has 0 amide bonds. The monoisotopic (exact) mass is 365 g/mol. The van der Waals surface area contributed by atoms with Gasteiger partial charge < -0.3 is 10.1 Å². The first-order valence-corrected chi connectivity index (χ1v) is 10.1. The lowest BCUT2D eigenvalue weighted by Gasteiger charge is -2.52. The first kappa shape index (κ1) is 18.0. The van der Waals surface area contributed by atoms with E-state index in [1.165, 1.54) is 44.9 Å². The molecule has 2 aliphatic carbocycles. The fourth-order valence-corrected chi connectivity index (χ4v) is 4.64. The van der Waals surface area contributed by atoms with Crippen LogP contribution in [0.15, 0.2) is 24.3 Å². The Kier molecular flexibility index (Phi) is 6.04. The van der Waals surface area contributed by atoms with Crippen molar-refractivity contribution in [1.82, 2.24) is 5.32 Å². The normalized spacial score (nSPS) is 29.1. The van der Waals surface area contributed by atoms with Crippen molar-refractivity contribution >= 4 is 29.0 Å². The highest BCUT2D eigenvalue weighted by Crippen LogP contribution is 2.54. The Bertz CT molecular complexity index is 551. The summed E-state index contributed by atoms with van der Waals surface area (Å²) in [4.78, 5) is 0. The van der Waals surface area contributed by atoms with E-state index in [1.807, 2.05) is 24.3 Å². The summed E-state index contributed by atoms with van der Waals surface area (Å²) >= 11 is 11.3. The van der Waals surface area contributed by atoms with E-state index in [1.54, 1.807) is 0 Å². The van der Waals surface area contributed by atoms with E-state index < -0.39 is 0 Å². The Morgan fingerprint density at radius 2 is 1.88 bits per heavy atom. The molecule has 0 aromatic heterocycles. The SMILES string of the molecule is CCCC1CCC2(CC1)CCC2OC(=S)NCc1ccc(Cl)cc1. The van der Waals surface area contributed by atoms with Crippen molar-refractivity contribution in [2.75, 3.05) is 0 Å². The van der Waals surface area contributed by atoms with Crippen molar-refractivity contribution in [2.24, 2.45) is 11.3 Å². The van der Waals surface area contributed by atoms with Gasteiger partial charge in [0.05, 0.1) is 0 Å². The van der Waals surface area contributed by atoms with E-state index in [2.05, 4.69) is 12.2 Å². The Morgan fingerprint density at radius 3 is 2.46 bits per heavy atom. The predicted molar refractivity (Wildman–Crippen MR) is 104 cm³/mol. The van der Waals surface area contributed by atoms with Crippen LogP contribution in [0.5, 0.6) is 0 Å². The van der Waals surface area contributed by atoms with Gasteiger partial charge in [-0.2, -0.15) is 0 Å². The molecule has 0 saturated heterocycles. The molecule has 1 atom stereocenters. The molecule has 1 spiro atoms. The van der Waals surface area contributed by atoms with E-state index in [0.29, 0.717) is 23.2 Å².